The first-order chi connectivity index (χ1) is 13.5. The van der Waals surface area contributed by atoms with Crippen molar-refractivity contribution in [1.29, 1.82) is 0 Å². The van der Waals surface area contributed by atoms with Crippen LogP contribution in [0.5, 0.6) is 11.5 Å². The van der Waals surface area contributed by atoms with Gasteiger partial charge in [-0.15, -0.1) is 0 Å². The fraction of sp³-hybridized carbons (Fsp3) is 0.364. The summed E-state index contributed by atoms with van der Waals surface area (Å²) in [5.41, 5.74) is 6.02. The lowest BCUT2D eigenvalue weighted by atomic mass is 9.92. The molecule has 0 aliphatic carbocycles. The monoisotopic (exact) mass is 381 g/mol. The molecule has 6 heteroatoms. The lowest BCUT2D eigenvalue weighted by Crippen LogP contribution is -2.46. The number of piperidine rings is 1. The van der Waals surface area contributed by atoms with E-state index < -0.39 is 0 Å². The van der Waals surface area contributed by atoms with Gasteiger partial charge < -0.3 is 15.8 Å². The molecule has 28 heavy (non-hydrogen) atoms. The maximum atomic E-state index is 12.6. The molecule has 3 N–H and O–H groups in total. The fourth-order valence-electron chi connectivity index (χ4n) is 3.47. The number of nitrogens with two attached hydrogens (primary N) is 1. The van der Waals surface area contributed by atoms with Gasteiger partial charge in [-0.1, -0.05) is 18.2 Å². The zero-order chi connectivity index (χ0) is 19.9. The number of nitrogens with zero attached hydrogens (tertiary/aromatic N) is 1. The van der Waals surface area contributed by atoms with E-state index in [2.05, 4.69) is 10.2 Å². The summed E-state index contributed by atoms with van der Waals surface area (Å²) in [5.74, 6) is 1.54. The van der Waals surface area contributed by atoms with E-state index in [1.165, 1.54) is 0 Å². The van der Waals surface area contributed by atoms with Crippen LogP contribution >= 0.6 is 0 Å². The average Bonchev–Trinajstić information content (AvgIpc) is 2.70. The summed E-state index contributed by atoms with van der Waals surface area (Å²) in [6.45, 7) is 3.52. The van der Waals surface area contributed by atoms with Crippen LogP contribution in [0.1, 0.15) is 26.2 Å². The van der Waals surface area contributed by atoms with E-state index in [0.717, 1.165) is 37.4 Å². The lowest BCUT2D eigenvalue weighted by molar-refractivity contribution is -0.122. The molecule has 0 unspecified atom stereocenters. The second-order valence-corrected chi connectivity index (χ2v) is 7.25. The first kappa shape index (κ1) is 19.9. The van der Waals surface area contributed by atoms with Gasteiger partial charge in [0.25, 0.3) is 0 Å². The van der Waals surface area contributed by atoms with Crippen molar-refractivity contribution in [3.63, 3.8) is 0 Å². The van der Waals surface area contributed by atoms with Gasteiger partial charge in [-0.25, -0.2) is 0 Å². The van der Waals surface area contributed by atoms with Gasteiger partial charge in [0.2, 0.25) is 11.8 Å². The minimum absolute atomic E-state index is 0.0370. The molecule has 1 fully saturated rings. The number of hydrogen-bond donors (Lipinski definition) is 2. The molecular formula is C22H27N3O3. The van der Waals surface area contributed by atoms with Crippen LogP contribution in [-0.4, -0.2) is 35.8 Å². The third-order valence-electron chi connectivity index (χ3n) is 5.17. The summed E-state index contributed by atoms with van der Waals surface area (Å²) < 4.78 is 5.76. The number of hydrogen-bond acceptors (Lipinski definition) is 4. The zero-order valence-corrected chi connectivity index (χ0v) is 16.1. The van der Waals surface area contributed by atoms with Crippen LogP contribution in [0.25, 0.3) is 0 Å². The molecule has 6 nitrogen and oxygen atoms in total. The Morgan fingerprint density at radius 1 is 1.07 bits per heavy atom. The number of anilines is 1. The quantitative estimate of drug-likeness (QED) is 0.770. The number of carbonyl (C=O) groups is 2. The van der Waals surface area contributed by atoms with Gasteiger partial charge >= 0.3 is 0 Å². The van der Waals surface area contributed by atoms with Crippen molar-refractivity contribution < 1.29 is 14.3 Å². The smallest absolute Gasteiger partial charge is 0.241 e. The maximum Gasteiger partial charge on any atom is 0.241 e. The van der Waals surface area contributed by atoms with Crippen molar-refractivity contribution in [3.05, 3.63) is 54.6 Å². The molecule has 2 aromatic carbocycles. The summed E-state index contributed by atoms with van der Waals surface area (Å²) in [4.78, 5) is 25.8. The number of primary amides is 1. The number of carbonyl (C=O) groups excluding carboxylic acids is 2. The highest BCUT2D eigenvalue weighted by Crippen LogP contribution is 2.24. The largest absolute Gasteiger partial charge is 0.457 e. The number of nitrogens with one attached hydrogen (secondary N) is 1. The van der Waals surface area contributed by atoms with E-state index in [0.29, 0.717) is 18.1 Å². The van der Waals surface area contributed by atoms with Gasteiger partial charge in [-0.05, 0) is 75.2 Å². The molecule has 1 saturated heterocycles. The Kier molecular flexibility index (Phi) is 6.66. The molecule has 0 aromatic heterocycles. The minimum Gasteiger partial charge on any atom is -0.457 e. The molecule has 1 aliphatic heterocycles. The van der Waals surface area contributed by atoms with Crippen LogP contribution in [0.2, 0.25) is 0 Å². The Bertz CT molecular complexity index is 784. The third-order valence-corrected chi connectivity index (χ3v) is 5.17. The number of para-hydroxylation sites is 1. The third kappa shape index (κ3) is 5.57. The standard InChI is InChI=1S/C22H27N3O3/c1-16(25-13-11-17(12-14-25)15-21(23)26)22(27)24-18-7-9-20(10-8-18)28-19-5-3-2-4-6-19/h2-10,16-17H,11-15H2,1H3,(H2,23,26)(H,24,27)/t16-/m0/s1. The Balaban J connectivity index is 1.49. The van der Waals surface area contributed by atoms with Gasteiger partial charge in [0, 0.05) is 12.1 Å². The lowest BCUT2D eigenvalue weighted by Gasteiger charge is -2.35. The SMILES string of the molecule is C[C@@H](C(=O)Nc1ccc(Oc2ccccc2)cc1)N1CCC(CC(N)=O)CC1. The molecule has 0 saturated carbocycles. The number of likely N-dealkylation sites (tertiary alicyclic amines) is 1. The predicted octanol–water partition coefficient (Wildman–Crippen LogP) is 3.39. The van der Waals surface area contributed by atoms with Crippen LogP contribution in [0.3, 0.4) is 0 Å². The Hall–Kier alpha value is -2.86. The van der Waals surface area contributed by atoms with Gasteiger partial charge in [-0.2, -0.15) is 0 Å². The zero-order valence-electron chi connectivity index (χ0n) is 16.1. The van der Waals surface area contributed by atoms with Crippen molar-refractivity contribution in [2.45, 2.75) is 32.2 Å². The van der Waals surface area contributed by atoms with Crippen molar-refractivity contribution in [2.75, 3.05) is 18.4 Å². The second-order valence-electron chi connectivity index (χ2n) is 7.25. The summed E-state index contributed by atoms with van der Waals surface area (Å²) in [6, 6.07) is 16.7. The van der Waals surface area contributed by atoms with Gasteiger partial charge in [0.05, 0.1) is 6.04 Å². The highest BCUT2D eigenvalue weighted by molar-refractivity contribution is 5.94. The van der Waals surface area contributed by atoms with Crippen molar-refractivity contribution in [1.82, 2.24) is 4.90 Å². The van der Waals surface area contributed by atoms with Gasteiger partial charge in [0.15, 0.2) is 0 Å². The Morgan fingerprint density at radius 3 is 2.29 bits per heavy atom. The van der Waals surface area contributed by atoms with Gasteiger partial charge in [0.1, 0.15) is 11.5 Å². The van der Waals surface area contributed by atoms with E-state index in [9.17, 15) is 9.59 Å². The van der Waals surface area contributed by atoms with Crippen LogP contribution < -0.4 is 15.8 Å². The summed E-state index contributed by atoms with van der Waals surface area (Å²) in [6.07, 6.45) is 2.23. The first-order valence-corrected chi connectivity index (χ1v) is 9.67. The van der Waals surface area contributed by atoms with E-state index in [1.54, 1.807) is 0 Å². The Morgan fingerprint density at radius 2 is 1.68 bits per heavy atom. The number of amides is 2. The molecule has 0 radical (unpaired) electrons. The predicted molar refractivity (Wildman–Crippen MR) is 109 cm³/mol. The van der Waals surface area contributed by atoms with E-state index in [1.807, 2.05) is 61.5 Å². The molecular weight excluding hydrogens is 354 g/mol. The Labute approximate surface area is 165 Å². The number of ether oxygens (including phenoxy) is 1. The highest BCUT2D eigenvalue weighted by atomic mass is 16.5. The summed E-state index contributed by atoms with van der Waals surface area (Å²) >= 11 is 0. The molecule has 3 rings (SSSR count). The first-order valence-electron chi connectivity index (χ1n) is 9.67. The van der Waals surface area contributed by atoms with Crippen LogP contribution in [0.15, 0.2) is 54.6 Å². The van der Waals surface area contributed by atoms with Crippen LogP contribution in [-0.2, 0) is 9.59 Å². The minimum atomic E-state index is -0.246. The average molecular weight is 381 g/mol. The molecule has 1 atom stereocenters. The molecule has 2 amide bonds. The van der Waals surface area contributed by atoms with Crippen LogP contribution in [0, 0.1) is 5.92 Å². The highest BCUT2D eigenvalue weighted by Gasteiger charge is 2.27. The van der Waals surface area contributed by atoms with E-state index >= 15 is 0 Å². The molecule has 1 heterocycles. The fourth-order valence-corrected chi connectivity index (χ4v) is 3.47. The number of benzene rings is 2. The van der Waals surface area contributed by atoms with E-state index in [-0.39, 0.29) is 17.9 Å². The maximum absolute atomic E-state index is 12.6. The normalized spacial score (nSPS) is 16.3. The van der Waals surface area contributed by atoms with Crippen molar-refractivity contribution >= 4 is 17.5 Å². The molecule has 1 aliphatic rings. The molecule has 0 spiro atoms. The van der Waals surface area contributed by atoms with Crippen molar-refractivity contribution in [2.24, 2.45) is 11.7 Å². The molecule has 2 aromatic rings. The van der Waals surface area contributed by atoms with Crippen molar-refractivity contribution in [3.8, 4) is 11.5 Å². The second kappa shape index (κ2) is 9.37. The summed E-state index contributed by atoms with van der Waals surface area (Å²) in [5, 5.41) is 2.96. The number of rotatable bonds is 7. The van der Waals surface area contributed by atoms with E-state index in [4.69, 9.17) is 10.5 Å². The molecule has 0 bridgehead atoms. The summed E-state index contributed by atoms with van der Waals surface area (Å²) in [7, 11) is 0. The molecule has 148 valence electrons. The van der Waals surface area contributed by atoms with Crippen LogP contribution in [0.4, 0.5) is 5.69 Å². The van der Waals surface area contributed by atoms with Gasteiger partial charge in [-0.3, -0.25) is 14.5 Å². The topological polar surface area (TPSA) is 84.7 Å².